The van der Waals surface area contributed by atoms with E-state index in [0.717, 1.165) is 43.4 Å². The molecule has 2 aliphatic rings. The molecule has 0 amide bonds. The third kappa shape index (κ3) is 2.98. The highest BCUT2D eigenvalue weighted by molar-refractivity contribution is 5.00. The molecular weight excluding hydrogens is 238 g/mol. The second-order valence-corrected chi connectivity index (χ2v) is 6.00. The molecule has 3 rings (SSSR count). The van der Waals surface area contributed by atoms with E-state index in [-0.39, 0.29) is 6.04 Å². The number of piperidine rings is 1. The molecule has 0 saturated carbocycles. The first kappa shape index (κ1) is 13.1. The molecule has 1 unspecified atom stereocenters. The molecule has 1 fully saturated rings. The summed E-state index contributed by atoms with van der Waals surface area (Å²) in [7, 11) is 0. The standard InChI is InChI=1S/C14H25N5/c1-2-18-6-3-11(4-7-18)9-13-16-14-10-12(15)5-8-19(14)17-13/h11-12H,2-10,15H2,1H3. The highest BCUT2D eigenvalue weighted by Gasteiger charge is 2.23. The van der Waals surface area contributed by atoms with Crippen LogP contribution in [0.4, 0.5) is 0 Å². The van der Waals surface area contributed by atoms with Gasteiger partial charge in [0, 0.05) is 25.4 Å². The van der Waals surface area contributed by atoms with Crippen molar-refractivity contribution in [2.45, 2.75) is 51.6 Å². The Hall–Kier alpha value is -0.940. The molecular formula is C14H25N5. The zero-order chi connectivity index (χ0) is 13.2. The lowest BCUT2D eigenvalue weighted by atomic mass is 9.93. The number of likely N-dealkylation sites (tertiary alicyclic amines) is 1. The van der Waals surface area contributed by atoms with Gasteiger partial charge in [-0.3, -0.25) is 0 Å². The van der Waals surface area contributed by atoms with Crippen molar-refractivity contribution in [2.24, 2.45) is 11.7 Å². The molecule has 0 radical (unpaired) electrons. The Labute approximate surface area is 115 Å². The maximum Gasteiger partial charge on any atom is 0.151 e. The predicted molar refractivity (Wildman–Crippen MR) is 74.9 cm³/mol. The number of aromatic nitrogens is 3. The fourth-order valence-electron chi connectivity index (χ4n) is 3.23. The topological polar surface area (TPSA) is 60.0 Å². The summed E-state index contributed by atoms with van der Waals surface area (Å²) in [5, 5.41) is 4.65. The predicted octanol–water partition coefficient (Wildman–Crippen LogP) is 0.826. The first-order valence-electron chi connectivity index (χ1n) is 7.65. The number of aryl methyl sites for hydroxylation is 1. The molecule has 1 aromatic heterocycles. The molecule has 2 N–H and O–H groups in total. The zero-order valence-electron chi connectivity index (χ0n) is 11.9. The minimum absolute atomic E-state index is 0.275. The third-order valence-corrected chi connectivity index (χ3v) is 4.57. The summed E-state index contributed by atoms with van der Waals surface area (Å²) in [6.45, 7) is 6.84. The maximum atomic E-state index is 5.99. The van der Waals surface area contributed by atoms with Gasteiger partial charge in [0.1, 0.15) is 5.82 Å². The van der Waals surface area contributed by atoms with Crippen molar-refractivity contribution in [3.63, 3.8) is 0 Å². The SMILES string of the molecule is CCN1CCC(Cc2nc3n(n2)CCC(N)C3)CC1. The molecule has 0 bridgehead atoms. The van der Waals surface area contributed by atoms with Crippen LogP contribution in [0, 0.1) is 5.92 Å². The van der Waals surface area contributed by atoms with Crippen LogP contribution < -0.4 is 5.73 Å². The van der Waals surface area contributed by atoms with Crippen molar-refractivity contribution in [2.75, 3.05) is 19.6 Å². The van der Waals surface area contributed by atoms with Gasteiger partial charge >= 0.3 is 0 Å². The molecule has 0 spiro atoms. The van der Waals surface area contributed by atoms with Crippen molar-refractivity contribution < 1.29 is 0 Å². The smallest absolute Gasteiger partial charge is 0.151 e. The van der Waals surface area contributed by atoms with Crippen molar-refractivity contribution in [1.82, 2.24) is 19.7 Å². The fraction of sp³-hybridized carbons (Fsp3) is 0.857. The molecule has 1 saturated heterocycles. The average Bonchev–Trinajstić information content (AvgIpc) is 2.81. The molecule has 1 atom stereocenters. The quantitative estimate of drug-likeness (QED) is 0.877. The first-order valence-corrected chi connectivity index (χ1v) is 7.65. The second kappa shape index (κ2) is 5.59. The Kier molecular flexibility index (Phi) is 3.84. The van der Waals surface area contributed by atoms with E-state index in [2.05, 4.69) is 21.6 Å². The lowest BCUT2D eigenvalue weighted by Crippen LogP contribution is -2.34. The van der Waals surface area contributed by atoms with Gasteiger partial charge in [0.15, 0.2) is 5.82 Å². The molecule has 0 aromatic carbocycles. The average molecular weight is 263 g/mol. The van der Waals surface area contributed by atoms with E-state index in [1.54, 1.807) is 0 Å². The number of nitrogens with two attached hydrogens (primary N) is 1. The normalized spacial score (nSPS) is 25.5. The lowest BCUT2D eigenvalue weighted by Gasteiger charge is -2.30. The fourth-order valence-corrected chi connectivity index (χ4v) is 3.23. The van der Waals surface area contributed by atoms with Crippen LogP contribution in [0.15, 0.2) is 0 Å². The molecule has 106 valence electrons. The Morgan fingerprint density at radius 2 is 2.00 bits per heavy atom. The summed E-state index contributed by atoms with van der Waals surface area (Å²) in [4.78, 5) is 7.22. The summed E-state index contributed by atoms with van der Waals surface area (Å²) in [6.07, 6.45) is 5.55. The maximum absolute atomic E-state index is 5.99. The number of hydrogen-bond acceptors (Lipinski definition) is 4. The molecule has 19 heavy (non-hydrogen) atoms. The van der Waals surface area contributed by atoms with Crippen LogP contribution in [0.25, 0.3) is 0 Å². The Morgan fingerprint density at radius 3 is 2.74 bits per heavy atom. The minimum atomic E-state index is 0.275. The van der Waals surface area contributed by atoms with Gasteiger partial charge in [-0.15, -0.1) is 0 Å². The molecule has 2 aliphatic heterocycles. The van der Waals surface area contributed by atoms with Gasteiger partial charge in [0.25, 0.3) is 0 Å². The van der Waals surface area contributed by atoms with Gasteiger partial charge in [-0.05, 0) is 44.8 Å². The van der Waals surface area contributed by atoms with Gasteiger partial charge in [0.2, 0.25) is 0 Å². The van der Waals surface area contributed by atoms with E-state index in [4.69, 9.17) is 10.7 Å². The first-order chi connectivity index (χ1) is 9.24. The van der Waals surface area contributed by atoms with E-state index in [1.807, 2.05) is 0 Å². The number of nitrogens with zero attached hydrogens (tertiary/aromatic N) is 4. The molecule has 3 heterocycles. The number of fused-ring (bicyclic) bond motifs is 1. The van der Waals surface area contributed by atoms with Gasteiger partial charge in [-0.2, -0.15) is 5.10 Å². The van der Waals surface area contributed by atoms with Crippen LogP contribution in [0.2, 0.25) is 0 Å². The minimum Gasteiger partial charge on any atom is -0.327 e. The van der Waals surface area contributed by atoms with E-state index in [1.165, 1.54) is 32.5 Å². The van der Waals surface area contributed by atoms with E-state index in [9.17, 15) is 0 Å². The highest BCUT2D eigenvalue weighted by Crippen LogP contribution is 2.21. The van der Waals surface area contributed by atoms with Crippen molar-refractivity contribution in [1.29, 1.82) is 0 Å². The summed E-state index contributed by atoms with van der Waals surface area (Å²) in [5.74, 6) is 2.90. The Morgan fingerprint density at radius 1 is 1.21 bits per heavy atom. The third-order valence-electron chi connectivity index (χ3n) is 4.57. The zero-order valence-corrected chi connectivity index (χ0v) is 11.9. The van der Waals surface area contributed by atoms with Crippen LogP contribution in [0.1, 0.15) is 37.8 Å². The monoisotopic (exact) mass is 263 g/mol. The van der Waals surface area contributed by atoms with E-state index < -0.39 is 0 Å². The van der Waals surface area contributed by atoms with Gasteiger partial charge in [0.05, 0.1) is 0 Å². The van der Waals surface area contributed by atoms with Crippen LogP contribution in [0.5, 0.6) is 0 Å². The van der Waals surface area contributed by atoms with Gasteiger partial charge in [-0.25, -0.2) is 9.67 Å². The van der Waals surface area contributed by atoms with Crippen LogP contribution in [-0.4, -0.2) is 45.3 Å². The molecule has 5 heteroatoms. The van der Waals surface area contributed by atoms with Gasteiger partial charge in [-0.1, -0.05) is 6.92 Å². The Balaban J connectivity index is 1.59. The Bertz CT molecular complexity index is 419. The van der Waals surface area contributed by atoms with Crippen LogP contribution in [0.3, 0.4) is 0 Å². The lowest BCUT2D eigenvalue weighted by molar-refractivity contribution is 0.191. The van der Waals surface area contributed by atoms with Crippen molar-refractivity contribution in [3.8, 4) is 0 Å². The molecule has 0 aliphatic carbocycles. The molecule has 1 aromatic rings. The molecule has 5 nitrogen and oxygen atoms in total. The van der Waals surface area contributed by atoms with Crippen LogP contribution in [-0.2, 0) is 19.4 Å². The van der Waals surface area contributed by atoms with Crippen molar-refractivity contribution >= 4 is 0 Å². The summed E-state index contributed by atoms with van der Waals surface area (Å²) < 4.78 is 2.07. The summed E-state index contributed by atoms with van der Waals surface area (Å²) in [5.41, 5.74) is 5.99. The van der Waals surface area contributed by atoms with E-state index >= 15 is 0 Å². The highest BCUT2D eigenvalue weighted by atomic mass is 15.4. The van der Waals surface area contributed by atoms with Gasteiger partial charge < -0.3 is 10.6 Å². The number of hydrogen-bond donors (Lipinski definition) is 1. The number of rotatable bonds is 3. The summed E-state index contributed by atoms with van der Waals surface area (Å²) >= 11 is 0. The van der Waals surface area contributed by atoms with Crippen molar-refractivity contribution in [3.05, 3.63) is 11.6 Å². The second-order valence-electron chi connectivity index (χ2n) is 6.00. The summed E-state index contributed by atoms with van der Waals surface area (Å²) in [6, 6.07) is 0.275. The van der Waals surface area contributed by atoms with Crippen LogP contribution >= 0.6 is 0 Å². The van der Waals surface area contributed by atoms with E-state index in [0.29, 0.717) is 0 Å². The largest absolute Gasteiger partial charge is 0.327 e.